The van der Waals surface area contributed by atoms with Crippen molar-refractivity contribution in [1.29, 1.82) is 10.5 Å². The molecule has 1 aromatic carbocycles. The number of hydrogen-bond donors (Lipinski definition) is 1. The SMILES string of the molecule is Cc1nnc(Nc2ccc(C#N)c(Cl)c2)c(C#N)c1C. The zero-order chi connectivity index (χ0) is 14.7. The molecule has 1 heterocycles. The van der Waals surface area contributed by atoms with Crippen LogP contribution in [0, 0.1) is 36.5 Å². The molecule has 5 nitrogen and oxygen atoms in total. The van der Waals surface area contributed by atoms with Crippen LogP contribution >= 0.6 is 11.6 Å². The summed E-state index contributed by atoms with van der Waals surface area (Å²) in [6.45, 7) is 3.62. The molecule has 2 aromatic rings. The van der Waals surface area contributed by atoms with Crippen LogP contribution in [0.5, 0.6) is 0 Å². The molecule has 0 atom stereocenters. The maximum atomic E-state index is 9.21. The summed E-state index contributed by atoms with van der Waals surface area (Å²) in [7, 11) is 0. The third kappa shape index (κ3) is 2.54. The van der Waals surface area contributed by atoms with E-state index >= 15 is 0 Å². The van der Waals surface area contributed by atoms with Crippen molar-refractivity contribution in [2.75, 3.05) is 5.32 Å². The number of benzene rings is 1. The average Bonchev–Trinajstić information content (AvgIpc) is 2.43. The number of aryl methyl sites for hydroxylation is 1. The third-order valence-corrected chi connectivity index (χ3v) is 3.23. The van der Waals surface area contributed by atoms with E-state index in [0.29, 0.717) is 33.3 Å². The molecule has 0 saturated carbocycles. The van der Waals surface area contributed by atoms with Gasteiger partial charge < -0.3 is 5.32 Å². The van der Waals surface area contributed by atoms with Crippen molar-refractivity contribution in [2.24, 2.45) is 0 Å². The molecular weight excluding hydrogens is 274 g/mol. The molecule has 1 N–H and O–H groups in total. The van der Waals surface area contributed by atoms with Gasteiger partial charge in [0.05, 0.1) is 16.3 Å². The van der Waals surface area contributed by atoms with Crippen molar-refractivity contribution in [3.63, 3.8) is 0 Å². The first-order valence-electron chi connectivity index (χ1n) is 5.77. The van der Waals surface area contributed by atoms with Gasteiger partial charge in [0.25, 0.3) is 0 Å². The summed E-state index contributed by atoms with van der Waals surface area (Å²) in [6, 6.07) is 9.01. The Labute approximate surface area is 121 Å². The molecule has 2 rings (SSSR count). The lowest BCUT2D eigenvalue weighted by atomic mass is 10.1. The van der Waals surface area contributed by atoms with Gasteiger partial charge in [0.15, 0.2) is 5.82 Å². The number of hydrogen-bond acceptors (Lipinski definition) is 5. The van der Waals surface area contributed by atoms with Crippen LogP contribution in [0.3, 0.4) is 0 Å². The standard InChI is InChI=1S/C14H10ClN5/c1-8-9(2)19-20-14(12(8)7-17)18-11-4-3-10(6-16)13(15)5-11/h3-5H,1-2H3,(H,18,20). The van der Waals surface area contributed by atoms with E-state index in [2.05, 4.69) is 21.6 Å². The maximum absolute atomic E-state index is 9.21. The molecule has 1 aromatic heterocycles. The van der Waals surface area contributed by atoms with Crippen LogP contribution < -0.4 is 5.32 Å². The highest BCUT2D eigenvalue weighted by atomic mass is 35.5. The Morgan fingerprint density at radius 1 is 1.15 bits per heavy atom. The molecule has 0 aliphatic rings. The Morgan fingerprint density at radius 2 is 1.90 bits per heavy atom. The van der Waals surface area contributed by atoms with E-state index in [4.69, 9.17) is 16.9 Å². The first-order chi connectivity index (χ1) is 9.56. The van der Waals surface area contributed by atoms with Gasteiger partial charge >= 0.3 is 0 Å². The van der Waals surface area contributed by atoms with Crippen molar-refractivity contribution in [3.05, 3.63) is 45.6 Å². The number of anilines is 2. The number of rotatable bonds is 2. The van der Waals surface area contributed by atoms with E-state index in [1.54, 1.807) is 25.1 Å². The molecule has 0 aliphatic carbocycles. The number of nitrogens with one attached hydrogen (secondary N) is 1. The van der Waals surface area contributed by atoms with Gasteiger partial charge in [0.1, 0.15) is 17.7 Å². The molecule has 0 spiro atoms. The lowest BCUT2D eigenvalue weighted by molar-refractivity contribution is 0.960. The largest absolute Gasteiger partial charge is 0.338 e. The van der Waals surface area contributed by atoms with Gasteiger partial charge in [-0.2, -0.15) is 15.6 Å². The van der Waals surface area contributed by atoms with Gasteiger partial charge in [-0.1, -0.05) is 11.6 Å². The van der Waals surface area contributed by atoms with Crippen molar-refractivity contribution in [3.8, 4) is 12.1 Å². The maximum Gasteiger partial charge on any atom is 0.171 e. The van der Waals surface area contributed by atoms with Gasteiger partial charge in [-0.05, 0) is 37.6 Å². The summed E-state index contributed by atoms with van der Waals surface area (Å²) < 4.78 is 0. The van der Waals surface area contributed by atoms with Crippen molar-refractivity contribution in [1.82, 2.24) is 10.2 Å². The molecule has 0 radical (unpaired) electrons. The fraction of sp³-hybridized carbons (Fsp3) is 0.143. The van der Waals surface area contributed by atoms with Crippen molar-refractivity contribution in [2.45, 2.75) is 13.8 Å². The second kappa shape index (κ2) is 5.56. The summed E-state index contributed by atoms with van der Waals surface area (Å²) >= 11 is 5.96. The average molecular weight is 284 g/mol. The van der Waals surface area contributed by atoms with Gasteiger partial charge in [0.2, 0.25) is 0 Å². The molecule has 0 fully saturated rings. The van der Waals surface area contributed by atoms with Crippen molar-refractivity contribution >= 4 is 23.1 Å². The van der Waals surface area contributed by atoms with Crippen LogP contribution in [0.4, 0.5) is 11.5 Å². The van der Waals surface area contributed by atoms with Crippen LogP contribution in [-0.2, 0) is 0 Å². The molecular formula is C14H10ClN5. The number of halogens is 1. The Hall–Kier alpha value is -2.63. The topological polar surface area (TPSA) is 85.4 Å². The molecule has 0 aliphatic heterocycles. The summed E-state index contributed by atoms with van der Waals surface area (Å²) in [5.74, 6) is 0.372. The predicted molar refractivity (Wildman–Crippen MR) is 75.7 cm³/mol. The normalized spacial score (nSPS) is 9.65. The fourth-order valence-corrected chi connectivity index (χ4v) is 1.88. The monoisotopic (exact) mass is 283 g/mol. The minimum absolute atomic E-state index is 0.341. The second-order valence-electron chi connectivity index (χ2n) is 4.18. The highest BCUT2D eigenvalue weighted by Crippen LogP contribution is 2.25. The summed E-state index contributed by atoms with van der Waals surface area (Å²) in [4.78, 5) is 0. The van der Waals surface area contributed by atoms with E-state index in [1.165, 1.54) is 0 Å². The fourth-order valence-electron chi connectivity index (χ4n) is 1.65. The van der Waals surface area contributed by atoms with Crippen molar-refractivity contribution < 1.29 is 0 Å². The number of nitrogens with zero attached hydrogens (tertiary/aromatic N) is 4. The van der Waals surface area contributed by atoms with Crippen LogP contribution in [0.15, 0.2) is 18.2 Å². The zero-order valence-electron chi connectivity index (χ0n) is 10.9. The summed E-state index contributed by atoms with van der Waals surface area (Å²) in [5, 5.41) is 29.4. The first kappa shape index (κ1) is 13.8. The minimum Gasteiger partial charge on any atom is -0.338 e. The smallest absolute Gasteiger partial charge is 0.171 e. The lowest BCUT2D eigenvalue weighted by Crippen LogP contribution is -2.03. The number of nitriles is 2. The van der Waals surface area contributed by atoms with Crippen LogP contribution in [-0.4, -0.2) is 10.2 Å². The van der Waals surface area contributed by atoms with E-state index in [0.717, 1.165) is 5.56 Å². The third-order valence-electron chi connectivity index (χ3n) is 2.92. The van der Waals surface area contributed by atoms with Crippen LogP contribution in [0.1, 0.15) is 22.4 Å². The van der Waals surface area contributed by atoms with Gasteiger partial charge in [-0.15, -0.1) is 5.10 Å². The quantitative estimate of drug-likeness (QED) is 0.914. The number of aromatic nitrogens is 2. The zero-order valence-corrected chi connectivity index (χ0v) is 11.7. The van der Waals surface area contributed by atoms with E-state index < -0.39 is 0 Å². The second-order valence-corrected chi connectivity index (χ2v) is 4.58. The molecule has 6 heteroatoms. The molecule has 98 valence electrons. The minimum atomic E-state index is 0.341. The Bertz CT molecular complexity index is 755. The highest BCUT2D eigenvalue weighted by Gasteiger charge is 2.11. The molecule has 20 heavy (non-hydrogen) atoms. The first-order valence-corrected chi connectivity index (χ1v) is 6.15. The van der Waals surface area contributed by atoms with Gasteiger partial charge in [0, 0.05) is 5.69 Å². The van der Waals surface area contributed by atoms with E-state index in [1.807, 2.05) is 13.0 Å². The van der Waals surface area contributed by atoms with Gasteiger partial charge in [-0.3, -0.25) is 0 Å². The summed E-state index contributed by atoms with van der Waals surface area (Å²) in [5.41, 5.74) is 2.97. The van der Waals surface area contributed by atoms with E-state index in [-0.39, 0.29) is 0 Å². The summed E-state index contributed by atoms with van der Waals surface area (Å²) in [6.07, 6.45) is 0. The van der Waals surface area contributed by atoms with Gasteiger partial charge in [-0.25, -0.2) is 0 Å². The van der Waals surface area contributed by atoms with Crippen LogP contribution in [0.2, 0.25) is 5.02 Å². The van der Waals surface area contributed by atoms with Crippen LogP contribution in [0.25, 0.3) is 0 Å². The molecule has 0 bridgehead atoms. The lowest BCUT2D eigenvalue weighted by Gasteiger charge is -2.10. The predicted octanol–water partition coefficient (Wildman–Crippen LogP) is 3.23. The molecule has 0 saturated heterocycles. The Kier molecular flexibility index (Phi) is 3.84. The Balaban J connectivity index is 2.41. The highest BCUT2D eigenvalue weighted by molar-refractivity contribution is 6.32. The Morgan fingerprint density at radius 3 is 2.50 bits per heavy atom. The van der Waals surface area contributed by atoms with E-state index in [9.17, 15) is 5.26 Å². The molecule has 0 unspecified atom stereocenters. The molecule has 0 amide bonds.